The third kappa shape index (κ3) is 3.65. The highest BCUT2D eigenvalue weighted by molar-refractivity contribution is 7.99. The van der Waals surface area contributed by atoms with Crippen LogP contribution in [0.3, 0.4) is 0 Å². The van der Waals surface area contributed by atoms with Crippen molar-refractivity contribution in [2.75, 3.05) is 18.0 Å². The van der Waals surface area contributed by atoms with Crippen molar-refractivity contribution in [1.82, 2.24) is 19.6 Å². The van der Waals surface area contributed by atoms with Crippen LogP contribution in [0.4, 0.5) is 19.1 Å². The van der Waals surface area contributed by atoms with E-state index < -0.39 is 11.7 Å². The molecule has 3 heterocycles. The van der Waals surface area contributed by atoms with Crippen LogP contribution in [0.2, 0.25) is 0 Å². The first-order valence-corrected chi connectivity index (χ1v) is 11.2. The van der Waals surface area contributed by atoms with E-state index in [-0.39, 0.29) is 16.4 Å². The molecule has 2 N–H and O–H groups in total. The van der Waals surface area contributed by atoms with Crippen molar-refractivity contribution in [2.24, 2.45) is 11.1 Å². The molecule has 2 fully saturated rings. The lowest BCUT2D eigenvalue weighted by atomic mass is 9.74. The first kappa shape index (κ1) is 20.6. The van der Waals surface area contributed by atoms with Gasteiger partial charge < -0.3 is 10.6 Å². The van der Waals surface area contributed by atoms with Crippen molar-refractivity contribution in [3.63, 3.8) is 0 Å². The van der Waals surface area contributed by atoms with Gasteiger partial charge in [0.25, 0.3) is 0 Å². The molecule has 10 heteroatoms. The lowest BCUT2D eigenvalue weighted by Gasteiger charge is -2.42. The minimum absolute atomic E-state index is 0.115. The third-order valence-electron chi connectivity index (χ3n) is 6.69. The standard InChI is InChI=1S/C21H23F3N6S/c22-21(23,24)14-4-1-2-5-15(14)31-16-12-26-19(30-18(16)27-13-28-30)29-10-8-20(9-11-29)7-3-6-17(20)25/h1-2,4-5,12-13,17H,3,6-11,25H2/t17-/m1/s1. The van der Waals surface area contributed by atoms with Crippen LogP contribution in [0.1, 0.15) is 37.7 Å². The number of piperidine rings is 1. The first-order valence-electron chi connectivity index (χ1n) is 10.4. The number of nitrogens with two attached hydrogens (primary N) is 1. The molecular weight excluding hydrogens is 425 g/mol. The van der Waals surface area contributed by atoms with Gasteiger partial charge in [-0.05, 0) is 43.2 Å². The normalized spacial score (nSPS) is 21.3. The van der Waals surface area contributed by atoms with E-state index in [9.17, 15) is 13.2 Å². The lowest BCUT2D eigenvalue weighted by molar-refractivity contribution is -0.139. The Bertz CT molecular complexity index is 1090. The van der Waals surface area contributed by atoms with E-state index in [1.54, 1.807) is 16.8 Å². The summed E-state index contributed by atoms with van der Waals surface area (Å²) < 4.78 is 41.8. The van der Waals surface area contributed by atoms with E-state index in [0.717, 1.165) is 50.2 Å². The van der Waals surface area contributed by atoms with Crippen LogP contribution in [0.25, 0.3) is 5.65 Å². The van der Waals surface area contributed by atoms with Crippen molar-refractivity contribution in [1.29, 1.82) is 0 Å². The summed E-state index contributed by atoms with van der Waals surface area (Å²) in [6, 6.07) is 5.80. The van der Waals surface area contributed by atoms with Crippen LogP contribution in [-0.2, 0) is 6.18 Å². The molecule has 164 valence electrons. The number of anilines is 1. The molecule has 3 aromatic rings. The highest BCUT2D eigenvalue weighted by atomic mass is 32.2. The number of benzene rings is 1. The molecule has 0 bridgehead atoms. The summed E-state index contributed by atoms with van der Waals surface area (Å²) in [7, 11) is 0. The van der Waals surface area contributed by atoms with Gasteiger partial charge in [0.15, 0.2) is 5.65 Å². The Hall–Kier alpha value is -2.33. The molecular formula is C21H23F3N6S. The Morgan fingerprint density at radius 1 is 1.06 bits per heavy atom. The largest absolute Gasteiger partial charge is 0.417 e. The Morgan fingerprint density at radius 2 is 1.84 bits per heavy atom. The zero-order valence-electron chi connectivity index (χ0n) is 16.8. The lowest BCUT2D eigenvalue weighted by Crippen LogP contribution is -2.47. The van der Waals surface area contributed by atoms with Crippen LogP contribution in [0.15, 0.2) is 46.6 Å². The quantitative estimate of drug-likeness (QED) is 0.641. The minimum atomic E-state index is -4.42. The molecule has 0 radical (unpaired) electrons. The second-order valence-electron chi connectivity index (χ2n) is 8.36. The Balaban J connectivity index is 1.42. The maximum absolute atomic E-state index is 13.4. The Morgan fingerprint density at radius 3 is 2.55 bits per heavy atom. The van der Waals surface area contributed by atoms with Gasteiger partial charge in [-0.3, -0.25) is 0 Å². The van der Waals surface area contributed by atoms with E-state index >= 15 is 0 Å². The van der Waals surface area contributed by atoms with Gasteiger partial charge in [-0.25, -0.2) is 9.97 Å². The fourth-order valence-electron chi connectivity index (χ4n) is 4.92. The zero-order valence-corrected chi connectivity index (χ0v) is 17.7. The van der Waals surface area contributed by atoms with Crippen LogP contribution >= 0.6 is 11.8 Å². The van der Waals surface area contributed by atoms with E-state index in [1.807, 2.05) is 0 Å². The molecule has 1 aromatic carbocycles. The number of nitrogens with zero attached hydrogens (tertiary/aromatic N) is 5. The first-order chi connectivity index (χ1) is 14.9. The van der Waals surface area contributed by atoms with E-state index in [2.05, 4.69) is 20.0 Å². The van der Waals surface area contributed by atoms with Gasteiger partial charge in [-0.15, -0.1) is 0 Å². The van der Waals surface area contributed by atoms with E-state index in [1.165, 1.54) is 31.3 Å². The molecule has 2 aliphatic rings. The molecule has 5 rings (SSSR count). The van der Waals surface area contributed by atoms with Gasteiger partial charge >= 0.3 is 6.18 Å². The van der Waals surface area contributed by atoms with E-state index in [4.69, 9.17) is 5.73 Å². The fourth-order valence-corrected chi connectivity index (χ4v) is 5.93. The van der Waals surface area contributed by atoms with E-state index in [0.29, 0.717) is 16.5 Å². The summed E-state index contributed by atoms with van der Waals surface area (Å²) >= 11 is 1.01. The predicted molar refractivity (Wildman–Crippen MR) is 112 cm³/mol. The molecule has 1 saturated carbocycles. The monoisotopic (exact) mass is 448 g/mol. The molecule has 0 unspecified atom stereocenters. The SMILES string of the molecule is N[C@@H]1CCCC12CCN(c1ncc(Sc3ccccc3C(F)(F)F)c3ncnn13)CC2. The summed E-state index contributed by atoms with van der Waals surface area (Å²) in [4.78, 5) is 11.7. The summed E-state index contributed by atoms with van der Waals surface area (Å²) in [5.74, 6) is 0.669. The van der Waals surface area contributed by atoms with Crippen molar-refractivity contribution >= 4 is 23.4 Å². The molecule has 1 saturated heterocycles. The summed E-state index contributed by atoms with van der Waals surface area (Å²) in [5, 5.41) is 4.31. The molecule has 31 heavy (non-hydrogen) atoms. The number of aromatic nitrogens is 4. The maximum Gasteiger partial charge on any atom is 0.417 e. The zero-order chi connectivity index (χ0) is 21.6. The molecule has 2 aromatic heterocycles. The Labute approximate surface area is 182 Å². The Kier molecular flexibility index (Phi) is 5.09. The predicted octanol–water partition coefficient (Wildman–Crippen LogP) is 4.39. The topological polar surface area (TPSA) is 72.3 Å². The molecule has 1 aliphatic heterocycles. The average Bonchev–Trinajstić information content (AvgIpc) is 3.37. The van der Waals surface area contributed by atoms with Crippen molar-refractivity contribution in [3.8, 4) is 0 Å². The molecule has 6 nitrogen and oxygen atoms in total. The highest BCUT2D eigenvalue weighted by Crippen LogP contribution is 2.46. The molecule has 1 aliphatic carbocycles. The van der Waals surface area contributed by atoms with Gasteiger partial charge in [-0.1, -0.05) is 30.3 Å². The van der Waals surface area contributed by atoms with Crippen LogP contribution in [-0.4, -0.2) is 38.7 Å². The number of fused-ring (bicyclic) bond motifs is 1. The summed E-state index contributed by atoms with van der Waals surface area (Å²) in [5.41, 5.74) is 6.46. The van der Waals surface area contributed by atoms with Gasteiger partial charge in [0.1, 0.15) is 6.33 Å². The number of rotatable bonds is 3. The summed E-state index contributed by atoms with van der Waals surface area (Å²) in [6.45, 7) is 1.66. The van der Waals surface area contributed by atoms with Crippen molar-refractivity contribution in [3.05, 3.63) is 42.4 Å². The van der Waals surface area contributed by atoms with Gasteiger partial charge in [0.05, 0.1) is 10.5 Å². The van der Waals surface area contributed by atoms with Gasteiger partial charge in [0, 0.05) is 30.2 Å². The fraction of sp³-hybridized carbons (Fsp3) is 0.476. The summed E-state index contributed by atoms with van der Waals surface area (Å²) in [6.07, 6.45) is 4.09. The number of hydrogen-bond donors (Lipinski definition) is 1. The van der Waals surface area contributed by atoms with Gasteiger partial charge in [0.2, 0.25) is 5.95 Å². The number of hydrogen-bond acceptors (Lipinski definition) is 6. The second-order valence-corrected chi connectivity index (χ2v) is 9.45. The minimum Gasteiger partial charge on any atom is -0.341 e. The number of halogens is 3. The van der Waals surface area contributed by atoms with Crippen LogP contribution in [0.5, 0.6) is 0 Å². The maximum atomic E-state index is 13.4. The average molecular weight is 449 g/mol. The molecule has 1 atom stereocenters. The number of alkyl halides is 3. The second kappa shape index (κ2) is 7.67. The third-order valence-corrected chi connectivity index (χ3v) is 7.77. The van der Waals surface area contributed by atoms with Crippen molar-refractivity contribution < 1.29 is 13.2 Å². The van der Waals surface area contributed by atoms with Gasteiger partial charge in [-0.2, -0.15) is 22.8 Å². The highest BCUT2D eigenvalue weighted by Gasteiger charge is 2.43. The van der Waals surface area contributed by atoms with Crippen LogP contribution < -0.4 is 10.6 Å². The smallest absolute Gasteiger partial charge is 0.341 e. The van der Waals surface area contributed by atoms with Crippen molar-refractivity contribution in [2.45, 2.75) is 54.1 Å². The van der Waals surface area contributed by atoms with Crippen LogP contribution in [0, 0.1) is 5.41 Å². The molecule has 1 spiro atoms. The molecule has 0 amide bonds.